The number of esters is 1. The summed E-state index contributed by atoms with van der Waals surface area (Å²) in [7, 11) is 1.37. The molecule has 0 atom stereocenters. The fourth-order valence-electron chi connectivity index (χ4n) is 2.24. The molecule has 0 bridgehead atoms. The van der Waals surface area contributed by atoms with Crippen LogP contribution < -0.4 is 5.32 Å². The van der Waals surface area contributed by atoms with Gasteiger partial charge in [0.05, 0.1) is 18.4 Å². The first-order valence-electron chi connectivity index (χ1n) is 7.15. The first kappa shape index (κ1) is 15.2. The number of anilines is 2. The third-order valence-corrected chi connectivity index (χ3v) is 4.29. The number of nitrogens with zero attached hydrogens (tertiary/aromatic N) is 1. The van der Waals surface area contributed by atoms with Crippen LogP contribution in [0.3, 0.4) is 0 Å². The van der Waals surface area contributed by atoms with Crippen LogP contribution in [0.2, 0.25) is 0 Å². The Bertz CT molecular complexity index is 811. The van der Waals surface area contributed by atoms with Crippen LogP contribution in [0, 0.1) is 6.92 Å². The van der Waals surface area contributed by atoms with E-state index in [0.717, 1.165) is 27.0 Å². The molecule has 0 unspecified atom stereocenters. The van der Waals surface area contributed by atoms with Crippen molar-refractivity contribution >= 4 is 28.1 Å². The standard InChI is InChI=1S/C18H16N2O2S/c1-12-16(13-6-4-3-5-7-13)20-18(23-12)19-15-10-8-14(9-11-15)17(21)22-2/h3-11H,1-2H3,(H,19,20). The predicted molar refractivity (Wildman–Crippen MR) is 93.4 cm³/mol. The predicted octanol–water partition coefficient (Wildman–Crippen LogP) is 4.65. The van der Waals surface area contributed by atoms with E-state index in [9.17, 15) is 4.79 Å². The van der Waals surface area contributed by atoms with Crippen LogP contribution in [0.15, 0.2) is 54.6 Å². The van der Waals surface area contributed by atoms with Gasteiger partial charge in [-0.2, -0.15) is 0 Å². The summed E-state index contributed by atoms with van der Waals surface area (Å²) in [5.41, 5.74) is 3.50. The van der Waals surface area contributed by atoms with Crippen LogP contribution in [0.4, 0.5) is 10.8 Å². The van der Waals surface area contributed by atoms with Gasteiger partial charge in [-0.3, -0.25) is 0 Å². The number of aromatic nitrogens is 1. The lowest BCUT2D eigenvalue weighted by Crippen LogP contribution is -2.00. The van der Waals surface area contributed by atoms with E-state index in [4.69, 9.17) is 4.74 Å². The van der Waals surface area contributed by atoms with E-state index in [1.54, 1.807) is 23.5 Å². The Morgan fingerprint density at radius 2 is 1.78 bits per heavy atom. The van der Waals surface area contributed by atoms with Gasteiger partial charge in [-0.15, -0.1) is 11.3 Å². The van der Waals surface area contributed by atoms with E-state index in [2.05, 4.69) is 29.4 Å². The summed E-state index contributed by atoms with van der Waals surface area (Å²) in [6.45, 7) is 2.06. The lowest BCUT2D eigenvalue weighted by Gasteiger charge is -2.03. The van der Waals surface area contributed by atoms with Crippen molar-refractivity contribution in [3.63, 3.8) is 0 Å². The molecule has 116 valence electrons. The van der Waals surface area contributed by atoms with Crippen LogP contribution in [-0.4, -0.2) is 18.1 Å². The van der Waals surface area contributed by atoms with Gasteiger partial charge in [0.25, 0.3) is 0 Å². The zero-order valence-corrected chi connectivity index (χ0v) is 13.7. The molecule has 0 saturated heterocycles. The molecule has 0 spiro atoms. The highest BCUT2D eigenvalue weighted by Crippen LogP contribution is 2.31. The third-order valence-electron chi connectivity index (χ3n) is 3.40. The van der Waals surface area contributed by atoms with Crippen molar-refractivity contribution in [3.8, 4) is 11.3 Å². The summed E-state index contributed by atoms with van der Waals surface area (Å²) in [4.78, 5) is 17.3. The minimum atomic E-state index is -0.340. The smallest absolute Gasteiger partial charge is 0.337 e. The van der Waals surface area contributed by atoms with Gasteiger partial charge in [-0.25, -0.2) is 9.78 Å². The van der Waals surface area contributed by atoms with Gasteiger partial charge in [-0.1, -0.05) is 30.3 Å². The van der Waals surface area contributed by atoms with Crippen molar-refractivity contribution in [1.29, 1.82) is 0 Å². The van der Waals surface area contributed by atoms with Crippen molar-refractivity contribution in [2.75, 3.05) is 12.4 Å². The molecule has 0 saturated carbocycles. The minimum absolute atomic E-state index is 0.340. The fourth-order valence-corrected chi connectivity index (χ4v) is 3.10. The lowest BCUT2D eigenvalue weighted by atomic mass is 10.1. The Balaban J connectivity index is 1.80. The fraction of sp³-hybridized carbons (Fsp3) is 0.111. The van der Waals surface area contributed by atoms with Crippen LogP contribution in [0.5, 0.6) is 0 Å². The summed E-state index contributed by atoms with van der Waals surface area (Å²) in [5.74, 6) is -0.340. The second-order valence-corrected chi connectivity index (χ2v) is 6.19. The normalized spacial score (nSPS) is 10.3. The van der Waals surface area contributed by atoms with E-state index in [1.165, 1.54) is 7.11 Å². The average Bonchev–Trinajstić information content (AvgIpc) is 2.96. The monoisotopic (exact) mass is 324 g/mol. The largest absolute Gasteiger partial charge is 0.465 e. The summed E-state index contributed by atoms with van der Waals surface area (Å²) in [6, 6.07) is 17.2. The van der Waals surface area contributed by atoms with E-state index in [0.29, 0.717) is 5.56 Å². The van der Waals surface area contributed by atoms with Gasteiger partial charge in [0.2, 0.25) is 0 Å². The molecule has 0 fully saturated rings. The number of carbonyl (C=O) groups is 1. The number of methoxy groups -OCH3 is 1. The molecule has 4 nitrogen and oxygen atoms in total. The number of hydrogen-bond donors (Lipinski definition) is 1. The summed E-state index contributed by atoms with van der Waals surface area (Å²) < 4.78 is 4.69. The Morgan fingerprint density at radius 3 is 2.43 bits per heavy atom. The second kappa shape index (κ2) is 6.62. The Labute approximate surface area is 138 Å². The maximum absolute atomic E-state index is 11.4. The number of rotatable bonds is 4. The van der Waals surface area contributed by atoms with Gasteiger partial charge in [0.1, 0.15) is 0 Å². The summed E-state index contributed by atoms with van der Waals surface area (Å²) in [6.07, 6.45) is 0. The molecular weight excluding hydrogens is 308 g/mol. The van der Waals surface area contributed by atoms with Gasteiger partial charge in [-0.05, 0) is 31.2 Å². The van der Waals surface area contributed by atoms with Crippen LogP contribution in [-0.2, 0) is 4.74 Å². The molecule has 0 amide bonds. The van der Waals surface area contributed by atoms with Crippen LogP contribution in [0.25, 0.3) is 11.3 Å². The topological polar surface area (TPSA) is 51.2 Å². The SMILES string of the molecule is COC(=O)c1ccc(Nc2nc(-c3ccccc3)c(C)s2)cc1. The molecule has 0 aliphatic heterocycles. The molecule has 0 aliphatic carbocycles. The first-order valence-corrected chi connectivity index (χ1v) is 7.97. The second-order valence-electron chi connectivity index (χ2n) is 4.98. The van der Waals surface area contributed by atoms with E-state index in [-0.39, 0.29) is 5.97 Å². The number of hydrogen-bond acceptors (Lipinski definition) is 5. The molecule has 23 heavy (non-hydrogen) atoms. The van der Waals surface area contributed by atoms with E-state index in [1.807, 2.05) is 30.3 Å². The van der Waals surface area contributed by atoms with E-state index >= 15 is 0 Å². The number of thiazole rings is 1. The molecule has 1 N–H and O–H groups in total. The highest BCUT2D eigenvalue weighted by atomic mass is 32.1. The van der Waals surface area contributed by atoms with Crippen molar-refractivity contribution in [2.24, 2.45) is 0 Å². The quantitative estimate of drug-likeness (QED) is 0.710. The Morgan fingerprint density at radius 1 is 1.09 bits per heavy atom. The number of aryl methyl sites for hydroxylation is 1. The first-order chi connectivity index (χ1) is 11.2. The van der Waals surface area contributed by atoms with Crippen molar-refractivity contribution in [3.05, 3.63) is 65.0 Å². The molecule has 0 aliphatic rings. The number of carbonyl (C=O) groups excluding carboxylic acids is 1. The molecule has 1 heterocycles. The van der Waals surface area contributed by atoms with Crippen molar-refractivity contribution in [1.82, 2.24) is 4.98 Å². The van der Waals surface area contributed by atoms with Crippen molar-refractivity contribution in [2.45, 2.75) is 6.92 Å². The lowest BCUT2D eigenvalue weighted by molar-refractivity contribution is 0.0601. The number of nitrogens with one attached hydrogen (secondary N) is 1. The average molecular weight is 324 g/mol. The van der Waals surface area contributed by atoms with Crippen LogP contribution >= 0.6 is 11.3 Å². The molecule has 0 radical (unpaired) electrons. The third kappa shape index (κ3) is 3.40. The summed E-state index contributed by atoms with van der Waals surface area (Å²) >= 11 is 1.61. The number of benzene rings is 2. The maximum atomic E-state index is 11.4. The highest BCUT2D eigenvalue weighted by molar-refractivity contribution is 7.16. The molecular formula is C18H16N2O2S. The van der Waals surface area contributed by atoms with Gasteiger partial charge >= 0.3 is 5.97 Å². The molecule has 2 aromatic carbocycles. The molecule has 5 heteroatoms. The number of ether oxygens (including phenoxy) is 1. The zero-order chi connectivity index (χ0) is 16.2. The van der Waals surface area contributed by atoms with Gasteiger partial charge in [0, 0.05) is 16.1 Å². The minimum Gasteiger partial charge on any atom is -0.465 e. The maximum Gasteiger partial charge on any atom is 0.337 e. The van der Waals surface area contributed by atoms with Crippen LogP contribution in [0.1, 0.15) is 15.2 Å². The van der Waals surface area contributed by atoms with Crippen molar-refractivity contribution < 1.29 is 9.53 Å². The molecule has 1 aromatic heterocycles. The summed E-state index contributed by atoms with van der Waals surface area (Å²) in [5, 5.41) is 4.10. The van der Waals surface area contributed by atoms with E-state index < -0.39 is 0 Å². The van der Waals surface area contributed by atoms with Gasteiger partial charge in [0.15, 0.2) is 5.13 Å². The zero-order valence-electron chi connectivity index (χ0n) is 12.9. The molecule has 3 aromatic rings. The molecule has 3 rings (SSSR count). The Hall–Kier alpha value is -2.66. The Kier molecular flexibility index (Phi) is 4.39. The highest BCUT2D eigenvalue weighted by Gasteiger charge is 2.10. The van der Waals surface area contributed by atoms with Gasteiger partial charge < -0.3 is 10.1 Å².